The number of likely N-dealkylation sites (tertiary alicyclic amines) is 1. The lowest BCUT2D eigenvalue weighted by Crippen LogP contribution is -2.42. The molecule has 108 valence electrons. The number of carbonyl (C=O) groups excluding carboxylic acids is 1. The average molecular weight is 349 g/mol. The van der Waals surface area contributed by atoms with Gasteiger partial charge >= 0.3 is 6.09 Å². The van der Waals surface area contributed by atoms with Crippen molar-refractivity contribution in [3.63, 3.8) is 0 Å². The number of anilines is 1. The van der Waals surface area contributed by atoms with Gasteiger partial charge in [0.05, 0.1) is 16.7 Å². The van der Waals surface area contributed by atoms with Crippen LogP contribution in [0.3, 0.4) is 0 Å². The number of hydrogen-bond acceptors (Lipinski definition) is 2. The van der Waals surface area contributed by atoms with Crippen molar-refractivity contribution in [2.24, 2.45) is 0 Å². The minimum atomic E-state index is -1.39. The van der Waals surface area contributed by atoms with Crippen LogP contribution in [0.5, 0.6) is 0 Å². The molecule has 1 fully saturated rings. The number of halogens is 3. The van der Waals surface area contributed by atoms with Gasteiger partial charge < -0.3 is 10.4 Å². The smallest absolute Gasteiger partial charge is 0.408 e. The van der Waals surface area contributed by atoms with E-state index in [1.807, 2.05) is 0 Å². The van der Waals surface area contributed by atoms with Crippen molar-refractivity contribution in [2.75, 3.05) is 11.9 Å². The van der Waals surface area contributed by atoms with Crippen molar-refractivity contribution in [3.05, 3.63) is 28.5 Å². The molecule has 1 aliphatic rings. The van der Waals surface area contributed by atoms with E-state index in [1.165, 1.54) is 18.2 Å². The van der Waals surface area contributed by atoms with Crippen LogP contribution >= 0.6 is 15.9 Å². The molecule has 0 radical (unpaired) electrons. The fourth-order valence-electron chi connectivity index (χ4n) is 2.06. The van der Waals surface area contributed by atoms with Gasteiger partial charge in [0.25, 0.3) is 0 Å². The van der Waals surface area contributed by atoms with Crippen LogP contribution < -0.4 is 5.32 Å². The Labute approximate surface area is 121 Å². The molecular weight excluding hydrogens is 338 g/mol. The molecule has 1 aromatic carbocycles. The van der Waals surface area contributed by atoms with Crippen LogP contribution in [0.4, 0.5) is 19.3 Å². The maximum absolute atomic E-state index is 13.7. The van der Waals surface area contributed by atoms with E-state index in [0.717, 1.165) is 4.90 Å². The van der Waals surface area contributed by atoms with Crippen molar-refractivity contribution in [1.82, 2.24) is 4.90 Å². The maximum atomic E-state index is 13.7. The summed E-state index contributed by atoms with van der Waals surface area (Å²) < 4.78 is 27.1. The zero-order valence-electron chi connectivity index (χ0n) is 10.1. The van der Waals surface area contributed by atoms with E-state index in [4.69, 9.17) is 5.11 Å². The number of carboxylic acid groups (broad SMARTS) is 1. The Hall–Kier alpha value is -1.70. The first-order valence-electron chi connectivity index (χ1n) is 5.78. The van der Waals surface area contributed by atoms with Crippen molar-refractivity contribution in [2.45, 2.75) is 18.6 Å². The van der Waals surface area contributed by atoms with E-state index in [1.54, 1.807) is 0 Å². The van der Waals surface area contributed by atoms with E-state index in [9.17, 15) is 18.4 Å². The van der Waals surface area contributed by atoms with Crippen molar-refractivity contribution in [1.29, 1.82) is 0 Å². The first-order chi connectivity index (χ1) is 9.40. The first kappa shape index (κ1) is 14.7. The number of nitrogens with zero attached hydrogens (tertiary/aromatic N) is 1. The summed E-state index contributed by atoms with van der Waals surface area (Å²) in [4.78, 5) is 23.6. The molecule has 2 N–H and O–H groups in total. The third-order valence-corrected chi connectivity index (χ3v) is 3.62. The van der Waals surface area contributed by atoms with Gasteiger partial charge in [-0.2, -0.15) is 0 Å². The third kappa shape index (κ3) is 2.90. The monoisotopic (exact) mass is 348 g/mol. The van der Waals surface area contributed by atoms with Crippen LogP contribution in [0.15, 0.2) is 22.7 Å². The Balaban J connectivity index is 2.15. The van der Waals surface area contributed by atoms with Gasteiger partial charge in [0.15, 0.2) is 5.82 Å². The summed E-state index contributed by atoms with van der Waals surface area (Å²) in [6.07, 6.45) is -3.00. The molecule has 2 rings (SSSR count). The predicted octanol–water partition coefficient (Wildman–Crippen LogP) is 2.62. The van der Waals surface area contributed by atoms with Crippen molar-refractivity contribution in [3.8, 4) is 0 Å². The highest BCUT2D eigenvalue weighted by Gasteiger charge is 2.40. The minimum Gasteiger partial charge on any atom is -0.465 e. The molecule has 5 nitrogen and oxygen atoms in total. The Bertz CT molecular complexity index is 556. The average Bonchev–Trinajstić information content (AvgIpc) is 2.77. The number of amides is 2. The standard InChI is InChI=1S/C12H11BrF2N2O3/c13-7-2-1-3-8(10(7)15)16-11(18)9-4-6(14)5-17(9)12(19)20/h1-3,6,9H,4-5H2,(H,16,18)(H,19,20)/t6-,9+/m1/s1. The summed E-state index contributed by atoms with van der Waals surface area (Å²) in [5.41, 5.74) is -0.0861. The maximum Gasteiger partial charge on any atom is 0.408 e. The second-order valence-corrected chi connectivity index (χ2v) is 5.23. The Kier molecular flexibility index (Phi) is 4.22. The zero-order valence-corrected chi connectivity index (χ0v) is 11.7. The van der Waals surface area contributed by atoms with Gasteiger partial charge in [-0.3, -0.25) is 9.69 Å². The van der Waals surface area contributed by atoms with E-state index in [-0.39, 0.29) is 23.1 Å². The molecule has 0 bridgehead atoms. The molecule has 1 saturated heterocycles. The van der Waals surface area contributed by atoms with Gasteiger partial charge in [0.1, 0.15) is 12.2 Å². The highest BCUT2D eigenvalue weighted by Crippen LogP contribution is 2.25. The van der Waals surface area contributed by atoms with Crippen LogP contribution in [-0.2, 0) is 4.79 Å². The minimum absolute atomic E-state index is 0.0861. The molecule has 2 amide bonds. The van der Waals surface area contributed by atoms with E-state index in [0.29, 0.717) is 0 Å². The summed E-state index contributed by atoms with van der Waals surface area (Å²) in [7, 11) is 0. The first-order valence-corrected chi connectivity index (χ1v) is 6.58. The van der Waals surface area contributed by atoms with Gasteiger partial charge in [-0.1, -0.05) is 6.07 Å². The highest BCUT2D eigenvalue weighted by molar-refractivity contribution is 9.10. The van der Waals surface area contributed by atoms with E-state index in [2.05, 4.69) is 21.2 Å². The molecule has 1 aromatic rings. The molecule has 8 heteroatoms. The Morgan fingerprint density at radius 2 is 2.15 bits per heavy atom. The zero-order chi connectivity index (χ0) is 14.9. The van der Waals surface area contributed by atoms with Crippen molar-refractivity contribution >= 4 is 33.6 Å². The molecular formula is C12H11BrF2N2O3. The summed E-state index contributed by atoms with van der Waals surface area (Å²) >= 11 is 2.97. The van der Waals surface area contributed by atoms with Crippen LogP contribution in [0.25, 0.3) is 0 Å². The van der Waals surface area contributed by atoms with Crippen LogP contribution in [0.2, 0.25) is 0 Å². The quantitative estimate of drug-likeness (QED) is 0.863. The second kappa shape index (κ2) is 5.74. The predicted molar refractivity (Wildman–Crippen MR) is 70.8 cm³/mol. The highest BCUT2D eigenvalue weighted by atomic mass is 79.9. The SMILES string of the molecule is O=C(Nc1cccc(Br)c1F)[C@@H]1C[C@@H](F)CN1C(=O)O. The van der Waals surface area contributed by atoms with E-state index < -0.39 is 30.0 Å². The molecule has 0 aromatic heterocycles. The number of carbonyl (C=O) groups is 2. The van der Waals surface area contributed by atoms with Gasteiger partial charge in [0, 0.05) is 6.42 Å². The fraction of sp³-hybridized carbons (Fsp3) is 0.333. The molecule has 20 heavy (non-hydrogen) atoms. The lowest BCUT2D eigenvalue weighted by molar-refractivity contribution is -0.120. The molecule has 0 aliphatic carbocycles. The molecule has 1 aliphatic heterocycles. The number of rotatable bonds is 2. The number of alkyl halides is 1. The molecule has 0 saturated carbocycles. The normalized spacial score (nSPS) is 21.9. The van der Waals surface area contributed by atoms with E-state index >= 15 is 0 Å². The van der Waals surface area contributed by atoms with Crippen LogP contribution in [0, 0.1) is 5.82 Å². The van der Waals surface area contributed by atoms with Gasteiger partial charge in [-0.25, -0.2) is 13.6 Å². The van der Waals surface area contributed by atoms with Crippen molar-refractivity contribution < 1.29 is 23.5 Å². The summed E-state index contributed by atoms with van der Waals surface area (Å²) in [5.74, 6) is -1.41. The number of hydrogen-bond donors (Lipinski definition) is 2. The fourth-order valence-corrected chi connectivity index (χ4v) is 2.43. The van der Waals surface area contributed by atoms with Gasteiger partial charge in [0.2, 0.25) is 5.91 Å². The lowest BCUT2D eigenvalue weighted by atomic mass is 10.2. The molecule has 0 spiro atoms. The molecule has 0 unspecified atom stereocenters. The Morgan fingerprint density at radius 3 is 2.80 bits per heavy atom. The topological polar surface area (TPSA) is 69.6 Å². The lowest BCUT2D eigenvalue weighted by Gasteiger charge is -2.20. The Morgan fingerprint density at radius 1 is 1.45 bits per heavy atom. The van der Waals surface area contributed by atoms with Gasteiger partial charge in [-0.05, 0) is 28.1 Å². The number of nitrogens with one attached hydrogen (secondary N) is 1. The third-order valence-electron chi connectivity index (χ3n) is 3.01. The number of benzene rings is 1. The summed E-state index contributed by atoms with van der Waals surface area (Å²) in [5, 5.41) is 11.2. The van der Waals surface area contributed by atoms with Gasteiger partial charge in [-0.15, -0.1) is 0 Å². The van der Waals surface area contributed by atoms with Crippen LogP contribution in [-0.4, -0.2) is 40.8 Å². The summed E-state index contributed by atoms with van der Waals surface area (Å²) in [6, 6.07) is 3.16. The van der Waals surface area contributed by atoms with Crippen LogP contribution in [0.1, 0.15) is 6.42 Å². The second-order valence-electron chi connectivity index (χ2n) is 4.37. The molecule has 2 atom stereocenters. The molecule has 1 heterocycles. The largest absolute Gasteiger partial charge is 0.465 e. The summed E-state index contributed by atoms with van der Waals surface area (Å²) in [6.45, 7) is -0.353.